The van der Waals surface area contributed by atoms with Crippen molar-refractivity contribution >= 4 is 11.9 Å². The second kappa shape index (κ2) is 51.8. The predicted molar refractivity (Wildman–Crippen MR) is 274 cm³/mol. The quantitative estimate of drug-likeness (QED) is 0.0418. The summed E-state index contributed by atoms with van der Waals surface area (Å²) in [5, 5.41) is 23.8. The number of ether oxygens (including phenoxy) is 1. The molecule has 6 heteroatoms. The Bertz CT molecular complexity index is 913. The maximum absolute atomic E-state index is 13.2. The van der Waals surface area contributed by atoms with Gasteiger partial charge in [-0.05, 0) is 25.7 Å². The SMILES string of the molecule is CCCCCCCCCCCCCCCCCCCCCC(=O)OC(CCCCCCCCCCCCCCC)CC(=O)NC(CO)C(O)CCCCCCCCCCCCCC. The molecular weight excluding hydrogens is 779 g/mol. The van der Waals surface area contributed by atoms with Crippen LogP contribution in [0.25, 0.3) is 0 Å². The van der Waals surface area contributed by atoms with E-state index in [1.54, 1.807) is 0 Å². The standard InChI is InChI=1S/C57H113NO5/c1-4-7-10-13-16-19-22-25-26-27-28-29-30-32-35-38-41-44-47-50-57(62)63-53(48-45-42-39-36-33-31-23-20-17-14-11-8-5-2)51-56(61)58-54(52-59)55(60)49-46-43-40-37-34-24-21-18-15-12-9-6-3/h53-55,59-60H,4-52H2,1-3H3,(H,58,61). The van der Waals surface area contributed by atoms with Gasteiger partial charge in [0.25, 0.3) is 0 Å². The molecule has 0 aromatic heterocycles. The molecule has 0 heterocycles. The maximum atomic E-state index is 13.2. The summed E-state index contributed by atoms with van der Waals surface area (Å²) in [4.78, 5) is 26.2. The minimum absolute atomic E-state index is 0.0883. The minimum Gasteiger partial charge on any atom is -0.462 e. The lowest BCUT2D eigenvalue weighted by molar-refractivity contribution is -0.151. The number of esters is 1. The van der Waals surface area contributed by atoms with Gasteiger partial charge < -0.3 is 20.3 Å². The van der Waals surface area contributed by atoms with Gasteiger partial charge in [-0.3, -0.25) is 9.59 Å². The van der Waals surface area contributed by atoms with E-state index in [1.165, 1.54) is 244 Å². The summed E-state index contributed by atoms with van der Waals surface area (Å²) in [7, 11) is 0. The van der Waals surface area contributed by atoms with Crippen LogP contribution < -0.4 is 5.32 Å². The highest BCUT2D eigenvalue weighted by Gasteiger charge is 2.24. The van der Waals surface area contributed by atoms with Gasteiger partial charge in [0.15, 0.2) is 0 Å². The number of unbranched alkanes of at least 4 members (excludes halogenated alkanes) is 41. The van der Waals surface area contributed by atoms with Gasteiger partial charge in [0.05, 0.1) is 25.2 Å². The van der Waals surface area contributed by atoms with E-state index in [9.17, 15) is 19.8 Å². The molecule has 3 N–H and O–H groups in total. The Hall–Kier alpha value is -1.14. The second-order valence-electron chi connectivity index (χ2n) is 20.1. The Labute approximate surface area is 394 Å². The van der Waals surface area contributed by atoms with Crippen molar-refractivity contribution in [2.45, 2.75) is 347 Å². The zero-order valence-corrected chi connectivity index (χ0v) is 43.0. The molecule has 0 spiro atoms. The summed E-state index contributed by atoms with van der Waals surface area (Å²) in [5.41, 5.74) is 0. The van der Waals surface area contributed by atoms with Gasteiger partial charge in [0, 0.05) is 6.42 Å². The molecular formula is C57H113NO5. The van der Waals surface area contributed by atoms with E-state index in [0.29, 0.717) is 19.3 Å². The highest BCUT2D eigenvalue weighted by molar-refractivity contribution is 5.77. The highest BCUT2D eigenvalue weighted by atomic mass is 16.5. The highest BCUT2D eigenvalue weighted by Crippen LogP contribution is 2.19. The number of carbonyl (C=O) groups is 2. The van der Waals surface area contributed by atoms with Crippen molar-refractivity contribution in [3.05, 3.63) is 0 Å². The lowest BCUT2D eigenvalue weighted by atomic mass is 10.0. The zero-order chi connectivity index (χ0) is 45.9. The van der Waals surface area contributed by atoms with E-state index in [-0.39, 0.29) is 24.9 Å². The summed E-state index contributed by atoms with van der Waals surface area (Å²) in [6, 6.07) is -0.692. The fourth-order valence-corrected chi connectivity index (χ4v) is 9.32. The van der Waals surface area contributed by atoms with Crippen LogP contribution in [0.15, 0.2) is 0 Å². The number of nitrogens with one attached hydrogen (secondary N) is 1. The van der Waals surface area contributed by atoms with Crippen LogP contribution in [0.2, 0.25) is 0 Å². The fourth-order valence-electron chi connectivity index (χ4n) is 9.32. The molecule has 3 unspecified atom stereocenters. The van der Waals surface area contributed by atoms with Crippen molar-refractivity contribution in [3.8, 4) is 0 Å². The van der Waals surface area contributed by atoms with Gasteiger partial charge in [-0.2, -0.15) is 0 Å². The first-order chi connectivity index (χ1) is 31.0. The molecule has 0 aliphatic carbocycles. The molecule has 0 saturated carbocycles. The predicted octanol–water partition coefficient (Wildman–Crippen LogP) is 17.5. The van der Waals surface area contributed by atoms with Crippen molar-refractivity contribution in [2.75, 3.05) is 6.61 Å². The lowest BCUT2D eigenvalue weighted by Gasteiger charge is -2.24. The van der Waals surface area contributed by atoms with Gasteiger partial charge in [0.2, 0.25) is 5.91 Å². The average Bonchev–Trinajstić information content (AvgIpc) is 3.28. The first-order valence-corrected chi connectivity index (χ1v) is 28.8. The van der Waals surface area contributed by atoms with Crippen LogP contribution in [0.1, 0.15) is 329 Å². The van der Waals surface area contributed by atoms with E-state index in [2.05, 4.69) is 26.1 Å². The number of carbonyl (C=O) groups excluding carboxylic acids is 2. The monoisotopic (exact) mass is 892 g/mol. The lowest BCUT2D eigenvalue weighted by Crippen LogP contribution is -2.46. The largest absolute Gasteiger partial charge is 0.462 e. The van der Waals surface area contributed by atoms with Crippen molar-refractivity contribution in [1.82, 2.24) is 5.32 Å². The fraction of sp³-hybridized carbons (Fsp3) is 0.965. The van der Waals surface area contributed by atoms with Crippen molar-refractivity contribution in [3.63, 3.8) is 0 Å². The molecule has 6 nitrogen and oxygen atoms in total. The number of aliphatic hydroxyl groups excluding tert-OH is 2. The molecule has 0 fully saturated rings. The molecule has 0 aliphatic heterocycles. The normalized spacial score (nSPS) is 13.0. The van der Waals surface area contributed by atoms with Crippen LogP contribution in [-0.4, -0.2) is 46.9 Å². The van der Waals surface area contributed by atoms with E-state index in [0.717, 1.165) is 38.5 Å². The molecule has 63 heavy (non-hydrogen) atoms. The number of hydrogen-bond donors (Lipinski definition) is 3. The van der Waals surface area contributed by atoms with Crippen LogP contribution >= 0.6 is 0 Å². The van der Waals surface area contributed by atoms with Crippen LogP contribution in [0.5, 0.6) is 0 Å². The summed E-state index contributed by atoms with van der Waals surface area (Å²) in [6.07, 6.45) is 57.4. The molecule has 1 amide bonds. The molecule has 0 aromatic rings. The van der Waals surface area contributed by atoms with Crippen LogP contribution in [0.3, 0.4) is 0 Å². The summed E-state index contributed by atoms with van der Waals surface area (Å²) in [6.45, 7) is 6.53. The number of aliphatic hydroxyl groups is 2. The molecule has 0 saturated heterocycles. The topological polar surface area (TPSA) is 95.9 Å². The Balaban J connectivity index is 4.43. The van der Waals surface area contributed by atoms with Gasteiger partial charge >= 0.3 is 5.97 Å². The van der Waals surface area contributed by atoms with Crippen LogP contribution in [-0.2, 0) is 14.3 Å². The second-order valence-corrected chi connectivity index (χ2v) is 20.1. The Morgan fingerprint density at radius 3 is 0.968 bits per heavy atom. The molecule has 0 aliphatic rings. The molecule has 0 bridgehead atoms. The van der Waals surface area contributed by atoms with Crippen molar-refractivity contribution in [2.24, 2.45) is 0 Å². The zero-order valence-electron chi connectivity index (χ0n) is 43.0. The summed E-state index contributed by atoms with van der Waals surface area (Å²) in [5.74, 6) is -0.445. The van der Waals surface area contributed by atoms with Crippen LogP contribution in [0, 0.1) is 0 Å². The smallest absolute Gasteiger partial charge is 0.306 e. The maximum Gasteiger partial charge on any atom is 0.306 e. The first kappa shape index (κ1) is 61.9. The van der Waals surface area contributed by atoms with Crippen molar-refractivity contribution < 1.29 is 24.5 Å². The summed E-state index contributed by atoms with van der Waals surface area (Å²) < 4.78 is 5.96. The Kier molecular flexibility index (Phi) is 50.9. The average molecular weight is 893 g/mol. The third-order valence-corrected chi connectivity index (χ3v) is 13.7. The third kappa shape index (κ3) is 47.2. The van der Waals surface area contributed by atoms with Gasteiger partial charge in [-0.15, -0.1) is 0 Å². The van der Waals surface area contributed by atoms with Gasteiger partial charge in [-0.1, -0.05) is 290 Å². The molecule has 0 aromatic carbocycles. The number of rotatable bonds is 53. The van der Waals surface area contributed by atoms with Gasteiger partial charge in [0.1, 0.15) is 6.10 Å². The van der Waals surface area contributed by atoms with E-state index < -0.39 is 18.2 Å². The molecule has 0 radical (unpaired) electrons. The van der Waals surface area contributed by atoms with Gasteiger partial charge in [-0.25, -0.2) is 0 Å². The first-order valence-electron chi connectivity index (χ1n) is 28.8. The Morgan fingerprint density at radius 2 is 0.667 bits per heavy atom. The molecule has 0 rings (SSSR count). The van der Waals surface area contributed by atoms with Crippen LogP contribution in [0.4, 0.5) is 0 Å². The number of amides is 1. The van der Waals surface area contributed by atoms with E-state index in [1.807, 2.05) is 0 Å². The van der Waals surface area contributed by atoms with E-state index >= 15 is 0 Å². The van der Waals surface area contributed by atoms with Crippen molar-refractivity contribution in [1.29, 1.82) is 0 Å². The minimum atomic E-state index is -0.779. The molecule has 376 valence electrons. The summed E-state index contributed by atoms with van der Waals surface area (Å²) >= 11 is 0. The number of hydrogen-bond acceptors (Lipinski definition) is 5. The Morgan fingerprint density at radius 1 is 0.397 bits per heavy atom. The molecule has 3 atom stereocenters. The van der Waals surface area contributed by atoms with E-state index in [4.69, 9.17) is 4.74 Å². The third-order valence-electron chi connectivity index (χ3n) is 13.7.